The summed E-state index contributed by atoms with van der Waals surface area (Å²) in [5.74, 6) is 1.01. The maximum Gasteiger partial charge on any atom is 0.225 e. The monoisotopic (exact) mass is 389 g/mol. The molecule has 10 heteroatoms. The fourth-order valence-electron chi connectivity index (χ4n) is 2.55. The minimum atomic E-state index is -3.31. The summed E-state index contributed by atoms with van der Waals surface area (Å²) in [6, 6.07) is 1.75. The third kappa shape index (κ3) is 6.41. The largest absolute Gasteiger partial charge is 0.356 e. The van der Waals surface area contributed by atoms with Crippen LogP contribution in [0.25, 0.3) is 0 Å². The number of halogens is 1. The van der Waals surface area contributed by atoms with Crippen LogP contribution >= 0.6 is 11.6 Å². The molecule has 0 aromatic carbocycles. The number of hydrogen-bond acceptors (Lipinski definition) is 6. The van der Waals surface area contributed by atoms with E-state index >= 15 is 0 Å². The van der Waals surface area contributed by atoms with Gasteiger partial charge in [-0.3, -0.25) is 4.79 Å². The highest BCUT2D eigenvalue weighted by atomic mass is 35.5. The molecule has 0 saturated carbocycles. The minimum absolute atomic E-state index is 0.0324. The fourth-order valence-corrected chi connectivity index (χ4v) is 4.17. The van der Waals surface area contributed by atoms with Gasteiger partial charge in [0.05, 0.1) is 5.75 Å². The van der Waals surface area contributed by atoms with Crippen LogP contribution in [-0.4, -0.2) is 73.0 Å². The summed E-state index contributed by atoms with van der Waals surface area (Å²) in [4.78, 5) is 21.8. The van der Waals surface area contributed by atoms with Gasteiger partial charge in [-0.05, 0) is 18.9 Å². The summed E-state index contributed by atoms with van der Waals surface area (Å²) in [6.45, 7) is 2.33. The van der Waals surface area contributed by atoms with Crippen LogP contribution in [-0.2, 0) is 14.8 Å². The van der Waals surface area contributed by atoms with Crippen LogP contribution in [0.5, 0.6) is 0 Å². The molecule has 0 atom stereocenters. The number of rotatable bonds is 9. The highest BCUT2D eigenvalue weighted by Crippen LogP contribution is 2.13. The average molecular weight is 390 g/mol. The standard InChI is InChI=1S/C15H24ClN5O3S/c16-5-1-4-14(22)17-8-3-13-25(23,24)21-11-9-20(10-12-21)15-18-6-2-7-19-15/h2,6-7H,1,3-5,8-13H2,(H,17,22). The van der Waals surface area contributed by atoms with E-state index in [1.165, 1.54) is 4.31 Å². The van der Waals surface area contributed by atoms with Crippen molar-refractivity contribution in [2.75, 3.05) is 49.3 Å². The van der Waals surface area contributed by atoms with Crippen molar-refractivity contribution in [2.24, 2.45) is 0 Å². The topological polar surface area (TPSA) is 95.5 Å². The second kappa shape index (κ2) is 9.88. The van der Waals surface area contributed by atoms with Gasteiger partial charge in [-0.15, -0.1) is 11.6 Å². The van der Waals surface area contributed by atoms with E-state index in [0.717, 1.165) is 0 Å². The molecule has 1 aromatic heterocycles. The van der Waals surface area contributed by atoms with Gasteiger partial charge in [0, 0.05) is 57.4 Å². The van der Waals surface area contributed by atoms with E-state index in [0.29, 0.717) is 63.8 Å². The number of carbonyl (C=O) groups excluding carboxylic acids is 1. The summed E-state index contributed by atoms with van der Waals surface area (Å²) in [5.41, 5.74) is 0. The molecule has 1 amide bonds. The molecular weight excluding hydrogens is 366 g/mol. The molecule has 1 saturated heterocycles. The Labute approximate surface area is 153 Å². The lowest BCUT2D eigenvalue weighted by Crippen LogP contribution is -2.49. The van der Waals surface area contributed by atoms with Crippen LogP contribution in [0.2, 0.25) is 0 Å². The van der Waals surface area contributed by atoms with Crippen LogP contribution in [0.4, 0.5) is 5.95 Å². The van der Waals surface area contributed by atoms with Gasteiger partial charge < -0.3 is 10.2 Å². The Balaban J connectivity index is 1.71. The Morgan fingerprint density at radius 3 is 2.48 bits per heavy atom. The number of hydrogen-bond donors (Lipinski definition) is 1. The Morgan fingerprint density at radius 1 is 1.16 bits per heavy atom. The minimum Gasteiger partial charge on any atom is -0.356 e. The first-order valence-electron chi connectivity index (χ1n) is 8.35. The van der Waals surface area contributed by atoms with Gasteiger partial charge in [0.2, 0.25) is 21.9 Å². The molecule has 0 radical (unpaired) electrons. The quantitative estimate of drug-likeness (QED) is 0.486. The van der Waals surface area contributed by atoms with E-state index < -0.39 is 10.0 Å². The molecule has 1 aliphatic heterocycles. The molecule has 1 aromatic rings. The van der Waals surface area contributed by atoms with Crippen molar-refractivity contribution in [2.45, 2.75) is 19.3 Å². The number of carbonyl (C=O) groups is 1. The zero-order valence-electron chi connectivity index (χ0n) is 14.1. The van der Waals surface area contributed by atoms with Crippen molar-refractivity contribution < 1.29 is 13.2 Å². The zero-order chi connectivity index (χ0) is 18.1. The first-order valence-corrected chi connectivity index (χ1v) is 10.5. The van der Waals surface area contributed by atoms with E-state index in [1.807, 2.05) is 4.90 Å². The first-order chi connectivity index (χ1) is 12.0. The number of nitrogens with one attached hydrogen (secondary N) is 1. The lowest BCUT2D eigenvalue weighted by molar-refractivity contribution is -0.121. The lowest BCUT2D eigenvalue weighted by Gasteiger charge is -2.33. The van der Waals surface area contributed by atoms with E-state index in [1.54, 1.807) is 18.5 Å². The van der Waals surface area contributed by atoms with Gasteiger partial charge in [-0.2, -0.15) is 4.31 Å². The van der Waals surface area contributed by atoms with Crippen molar-refractivity contribution >= 4 is 33.5 Å². The molecule has 0 bridgehead atoms. The number of piperazine rings is 1. The third-order valence-corrected chi connectivity index (χ3v) is 6.13. The van der Waals surface area contributed by atoms with Crippen LogP contribution in [0, 0.1) is 0 Å². The highest BCUT2D eigenvalue weighted by molar-refractivity contribution is 7.89. The second-order valence-corrected chi connectivity index (χ2v) is 8.21. The molecule has 1 fully saturated rings. The van der Waals surface area contributed by atoms with Crippen LogP contribution in [0.15, 0.2) is 18.5 Å². The molecule has 2 rings (SSSR count). The van der Waals surface area contributed by atoms with E-state index in [-0.39, 0.29) is 11.7 Å². The smallest absolute Gasteiger partial charge is 0.225 e. The van der Waals surface area contributed by atoms with Gasteiger partial charge in [0.15, 0.2) is 0 Å². The molecule has 8 nitrogen and oxygen atoms in total. The van der Waals surface area contributed by atoms with E-state index in [2.05, 4.69) is 15.3 Å². The molecule has 25 heavy (non-hydrogen) atoms. The van der Waals surface area contributed by atoms with E-state index in [4.69, 9.17) is 11.6 Å². The number of aromatic nitrogens is 2. The molecule has 0 aliphatic carbocycles. The number of sulfonamides is 1. The normalized spacial score (nSPS) is 16.0. The van der Waals surface area contributed by atoms with Crippen LogP contribution < -0.4 is 10.2 Å². The average Bonchev–Trinajstić information content (AvgIpc) is 2.64. The van der Waals surface area contributed by atoms with Crippen molar-refractivity contribution in [3.8, 4) is 0 Å². The SMILES string of the molecule is O=C(CCCCl)NCCCS(=O)(=O)N1CCN(c2ncccn2)CC1. The van der Waals surface area contributed by atoms with Gasteiger partial charge in [-0.1, -0.05) is 0 Å². The predicted molar refractivity (Wildman–Crippen MR) is 97.2 cm³/mol. The molecule has 1 N–H and O–H groups in total. The highest BCUT2D eigenvalue weighted by Gasteiger charge is 2.27. The number of anilines is 1. The van der Waals surface area contributed by atoms with Crippen LogP contribution in [0.3, 0.4) is 0 Å². The van der Waals surface area contributed by atoms with E-state index in [9.17, 15) is 13.2 Å². The Kier molecular flexibility index (Phi) is 7.86. The molecule has 0 unspecified atom stereocenters. The van der Waals surface area contributed by atoms with Crippen molar-refractivity contribution in [3.63, 3.8) is 0 Å². The lowest BCUT2D eigenvalue weighted by atomic mass is 10.3. The molecular formula is C15H24ClN5O3S. The van der Waals surface area contributed by atoms with Gasteiger partial charge in [0.25, 0.3) is 0 Å². The summed E-state index contributed by atoms with van der Waals surface area (Å²) in [6.07, 6.45) is 4.75. The summed E-state index contributed by atoms with van der Waals surface area (Å²) in [7, 11) is -3.31. The maximum atomic E-state index is 12.4. The summed E-state index contributed by atoms with van der Waals surface area (Å²) in [5, 5.41) is 2.72. The number of amides is 1. The summed E-state index contributed by atoms with van der Waals surface area (Å²) >= 11 is 5.53. The van der Waals surface area contributed by atoms with Crippen molar-refractivity contribution in [3.05, 3.63) is 18.5 Å². The molecule has 140 valence electrons. The van der Waals surface area contributed by atoms with Gasteiger partial charge in [-0.25, -0.2) is 18.4 Å². The Hall–Kier alpha value is -1.45. The maximum absolute atomic E-state index is 12.4. The Bertz CT molecular complexity index is 636. The van der Waals surface area contributed by atoms with Gasteiger partial charge in [0.1, 0.15) is 0 Å². The third-order valence-electron chi connectivity index (χ3n) is 3.91. The number of nitrogens with zero attached hydrogens (tertiary/aromatic N) is 4. The Morgan fingerprint density at radius 2 is 1.84 bits per heavy atom. The van der Waals surface area contributed by atoms with Crippen molar-refractivity contribution in [1.29, 1.82) is 0 Å². The molecule has 1 aliphatic rings. The fraction of sp³-hybridized carbons (Fsp3) is 0.667. The molecule has 2 heterocycles. The van der Waals surface area contributed by atoms with Crippen molar-refractivity contribution in [1.82, 2.24) is 19.6 Å². The molecule has 0 spiro atoms. The van der Waals surface area contributed by atoms with Gasteiger partial charge >= 0.3 is 0 Å². The van der Waals surface area contributed by atoms with Crippen LogP contribution in [0.1, 0.15) is 19.3 Å². The first kappa shape index (κ1) is 19.9. The second-order valence-electron chi connectivity index (χ2n) is 5.75. The number of alkyl halides is 1. The predicted octanol–water partition coefficient (Wildman–Crippen LogP) is 0.454. The summed E-state index contributed by atoms with van der Waals surface area (Å²) < 4.78 is 26.3. The zero-order valence-corrected chi connectivity index (χ0v) is 15.7.